The molecule has 0 spiro atoms. The Balaban J connectivity index is 1.44. The number of thioether (sulfide) groups is 1. The van der Waals surface area contributed by atoms with Gasteiger partial charge in [-0.05, 0) is 58.7 Å². The van der Waals surface area contributed by atoms with Crippen LogP contribution in [0, 0.1) is 5.82 Å². The van der Waals surface area contributed by atoms with Crippen LogP contribution >= 0.6 is 27.7 Å². The highest BCUT2D eigenvalue weighted by Gasteiger charge is 2.39. The van der Waals surface area contributed by atoms with Crippen molar-refractivity contribution in [2.75, 3.05) is 44.7 Å². The van der Waals surface area contributed by atoms with E-state index in [1.165, 1.54) is 23.9 Å². The van der Waals surface area contributed by atoms with Crippen molar-refractivity contribution in [3.8, 4) is 0 Å². The lowest BCUT2D eigenvalue weighted by molar-refractivity contribution is -0.128. The van der Waals surface area contributed by atoms with E-state index in [1.54, 1.807) is 23.1 Å². The van der Waals surface area contributed by atoms with Crippen molar-refractivity contribution in [2.45, 2.75) is 18.1 Å². The van der Waals surface area contributed by atoms with Gasteiger partial charge in [-0.15, -0.1) is 0 Å². The molecule has 0 saturated carbocycles. The molecule has 0 aromatic heterocycles. The fraction of sp³-hybridized carbons (Fsp3) is 0.375. The van der Waals surface area contributed by atoms with Crippen molar-refractivity contribution < 1.29 is 18.7 Å². The van der Waals surface area contributed by atoms with Crippen LogP contribution in [-0.2, 0) is 14.3 Å². The summed E-state index contributed by atoms with van der Waals surface area (Å²) in [5, 5.41) is 2.83. The maximum atomic E-state index is 13.3. The van der Waals surface area contributed by atoms with Crippen LogP contribution in [0.5, 0.6) is 0 Å². The zero-order valence-electron chi connectivity index (χ0n) is 18.6. The Labute approximate surface area is 210 Å². The third-order valence-corrected chi connectivity index (χ3v) is 7.42. The molecule has 2 fully saturated rings. The highest BCUT2D eigenvalue weighted by Crippen LogP contribution is 2.32. The summed E-state index contributed by atoms with van der Waals surface area (Å²) in [6.07, 6.45) is 0.817. The number of amidine groups is 1. The van der Waals surface area contributed by atoms with Crippen molar-refractivity contribution >= 4 is 56.0 Å². The van der Waals surface area contributed by atoms with Crippen LogP contribution in [0.3, 0.4) is 0 Å². The maximum Gasteiger partial charge on any atom is 0.242 e. The number of ether oxygens (including phenoxy) is 1. The van der Waals surface area contributed by atoms with E-state index < -0.39 is 5.25 Å². The number of aliphatic imine (C=N–C) groups is 1. The lowest BCUT2D eigenvalue weighted by atomic mass is 10.2. The number of halogens is 2. The Morgan fingerprint density at radius 2 is 1.88 bits per heavy atom. The van der Waals surface area contributed by atoms with Gasteiger partial charge >= 0.3 is 0 Å². The molecule has 7 nitrogen and oxygen atoms in total. The van der Waals surface area contributed by atoms with Crippen molar-refractivity contribution in [1.29, 1.82) is 0 Å². The lowest BCUT2D eigenvalue weighted by Crippen LogP contribution is -2.39. The van der Waals surface area contributed by atoms with Gasteiger partial charge in [0.05, 0.1) is 24.6 Å². The summed E-state index contributed by atoms with van der Waals surface area (Å²) in [6.45, 7) is 4.59. The van der Waals surface area contributed by atoms with Gasteiger partial charge in [-0.3, -0.25) is 19.4 Å². The SMILES string of the molecule is O=C(CC1SC(=Nc2ccc(F)cc2)N(CCCN2CCOCC2)C1=O)Nc1ccccc1Br. The van der Waals surface area contributed by atoms with Gasteiger partial charge in [0.1, 0.15) is 11.1 Å². The first-order valence-corrected chi connectivity index (χ1v) is 12.8. The number of amides is 2. The van der Waals surface area contributed by atoms with Crippen molar-refractivity contribution in [2.24, 2.45) is 4.99 Å². The minimum atomic E-state index is -0.565. The predicted molar refractivity (Wildman–Crippen MR) is 136 cm³/mol. The molecule has 34 heavy (non-hydrogen) atoms. The van der Waals surface area contributed by atoms with Crippen LogP contribution < -0.4 is 5.32 Å². The topological polar surface area (TPSA) is 74.2 Å². The number of benzene rings is 2. The largest absolute Gasteiger partial charge is 0.379 e. The molecule has 2 aromatic carbocycles. The third-order valence-electron chi connectivity index (χ3n) is 5.55. The molecule has 2 aliphatic rings. The Morgan fingerprint density at radius 1 is 1.15 bits per heavy atom. The minimum absolute atomic E-state index is 0.0350. The summed E-state index contributed by atoms with van der Waals surface area (Å²) >= 11 is 4.70. The zero-order chi connectivity index (χ0) is 23.9. The highest BCUT2D eigenvalue weighted by atomic mass is 79.9. The molecular formula is C24H26BrFN4O3S. The van der Waals surface area contributed by atoms with Gasteiger partial charge < -0.3 is 10.1 Å². The molecule has 1 N–H and O–H groups in total. The molecule has 2 aromatic rings. The van der Waals surface area contributed by atoms with Crippen LogP contribution in [0.15, 0.2) is 58.0 Å². The first-order chi connectivity index (χ1) is 16.5. The van der Waals surface area contributed by atoms with Gasteiger partial charge in [-0.25, -0.2) is 9.38 Å². The summed E-state index contributed by atoms with van der Waals surface area (Å²) in [4.78, 5) is 34.5. The number of hydrogen-bond donors (Lipinski definition) is 1. The Kier molecular flexibility index (Phi) is 8.71. The molecule has 10 heteroatoms. The van der Waals surface area contributed by atoms with Crippen LogP contribution in [0.2, 0.25) is 0 Å². The van der Waals surface area contributed by atoms with E-state index in [4.69, 9.17) is 4.74 Å². The van der Waals surface area contributed by atoms with E-state index in [0.29, 0.717) is 23.1 Å². The first kappa shape index (κ1) is 24.8. The zero-order valence-corrected chi connectivity index (χ0v) is 21.0. The van der Waals surface area contributed by atoms with Gasteiger partial charge in [0.15, 0.2) is 5.17 Å². The van der Waals surface area contributed by atoms with E-state index in [0.717, 1.165) is 43.7 Å². The van der Waals surface area contributed by atoms with Crippen LogP contribution in [0.1, 0.15) is 12.8 Å². The fourth-order valence-corrected chi connectivity index (χ4v) is 5.33. The van der Waals surface area contributed by atoms with Gasteiger partial charge in [-0.2, -0.15) is 0 Å². The number of carbonyl (C=O) groups excluding carboxylic acids is 2. The monoisotopic (exact) mass is 548 g/mol. The summed E-state index contributed by atoms with van der Waals surface area (Å²) in [5.41, 5.74) is 1.22. The number of hydrogen-bond acceptors (Lipinski definition) is 6. The number of morpholine rings is 1. The highest BCUT2D eigenvalue weighted by molar-refractivity contribution is 9.10. The first-order valence-electron chi connectivity index (χ1n) is 11.2. The second-order valence-corrected chi connectivity index (χ2v) is 10.0. The Hall–Kier alpha value is -2.27. The van der Waals surface area contributed by atoms with E-state index in [-0.39, 0.29) is 24.1 Å². The predicted octanol–water partition coefficient (Wildman–Crippen LogP) is 4.27. The summed E-state index contributed by atoms with van der Waals surface area (Å²) in [7, 11) is 0. The summed E-state index contributed by atoms with van der Waals surface area (Å²) in [6, 6.07) is 13.2. The lowest BCUT2D eigenvalue weighted by Gasteiger charge is -2.27. The van der Waals surface area contributed by atoms with E-state index in [2.05, 4.69) is 31.1 Å². The second-order valence-electron chi connectivity index (χ2n) is 8.01. The molecule has 1 atom stereocenters. The number of nitrogens with zero attached hydrogens (tertiary/aromatic N) is 3. The number of anilines is 1. The van der Waals surface area contributed by atoms with Crippen LogP contribution in [0.25, 0.3) is 0 Å². The Bertz CT molecular complexity index is 1050. The quantitative estimate of drug-likeness (QED) is 0.533. The van der Waals surface area contributed by atoms with Crippen molar-refractivity contribution in [1.82, 2.24) is 9.80 Å². The molecule has 0 aliphatic carbocycles. The third kappa shape index (κ3) is 6.65. The molecule has 2 saturated heterocycles. The van der Waals surface area contributed by atoms with Gasteiger partial charge in [0.2, 0.25) is 11.8 Å². The molecule has 1 unspecified atom stereocenters. The minimum Gasteiger partial charge on any atom is -0.379 e. The molecule has 4 rings (SSSR count). The molecule has 2 aliphatic heterocycles. The summed E-state index contributed by atoms with van der Waals surface area (Å²) in [5.74, 6) is -0.716. The second kappa shape index (κ2) is 11.9. The molecule has 0 radical (unpaired) electrons. The van der Waals surface area contributed by atoms with Crippen molar-refractivity contribution in [3.05, 3.63) is 58.8 Å². The fourth-order valence-electron chi connectivity index (χ4n) is 3.77. The molecular weight excluding hydrogens is 523 g/mol. The number of carbonyl (C=O) groups is 2. The van der Waals surface area contributed by atoms with Crippen molar-refractivity contribution in [3.63, 3.8) is 0 Å². The average molecular weight is 549 g/mol. The maximum absolute atomic E-state index is 13.3. The van der Waals surface area contributed by atoms with Gasteiger partial charge in [0, 0.05) is 37.1 Å². The van der Waals surface area contributed by atoms with Crippen LogP contribution in [-0.4, -0.2) is 71.4 Å². The van der Waals surface area contributed by atoms with E-state index >= 15 is 0 Å². The van der Waals surface area contributed by atoms with Crippen LogP contribution in [0.4, 0.5) is 15.8 Å². The normalized spacial score (nSPS) is 20.2. The molecule has 0 bridgehead atoms. The van der Waals surface area contributed by atoms with Gasteiger partial charge in [0.25, 0.3) is 0 Å². The number of para-hydroxylation sites is 1. The summed E-state index contributed by atoms with van der Waals surface area (Å²) < 4.78 is 19.5. The van der Waals surface area contributed by atoms with E-state index in [1.807, 2.05) is 18.2 Å². The Morgan fingerprint density at radius 3 is 2.62 bits per heavy atom. The number of rotatable bonds is 8. The average Bonchev–Trinajstić information content (AvgIpc) is 3.11. The number of nitrogens with one attached hydrogen (secondary N) is 1. The smallest absolute Gasteiger partial charge is 0.242 e. The molecule has 2 heterocycles. The standard InChI is InChI=1S/C24H26BrFN4O3S/c25-19-4-1-2-5-20(19)28-22(31)16-21-23(32)30(11-3-10-29-12-14-33-15-13-29)24(34-21)27-18-8-6-17(26)7-9-18/h1-2,4-9,21H,3,10-16H2,(H,28,31). The van der Waals surface area contributed by atoms with Gasteiger partial charge in [-0.1, -0.05) is 23.9 Å². The van der Waals surface area contributed by atoms with E-state index in [9.17, 15) is 14.0 Å². The molecule has 2 amide bonds. The molecule has 180 valence electrons.